The third kappa shape index (κ3) is 2.74. The molecule has 5 nitrogen and oxygen atoms in total. The van der Waals surface area contributed by atoms with Crippen LogP contribution in [0.25, 0.3) is 33.5 Å². The highest BCUT2D eigenvalue weighted by molar-refractivity contribution is 5.95. The minimum atomic E-state index is -0.485. The zero-order valence-corrected chi connectivity index (χ0v) is 13.0. The number of primary amides is 1. The number of pyridine rings is 1. The van der Waals surface area contributed by atoms with Gasteiger partial charge < -0.3 is 5.73 Å². The number of H-pyrrole nitrogens is 1. The fourth-order valence-corrected chi connectivity index (χ4v) is 2.73. The Morgan fingerprint density at radius 3 is 2.56 bits per heavy atom. The molecular weight excluding hydrogens is 319 g/mol. The molecule has 4 rings (SSSR count). The van der Waals surface area contributed by atoms with Gasteiger partial charge in [-0.3, -0.25) is 9.89 Å². The monoisotopic (exact) mass is 332 g/mol. The van der Waals surface area contributed by atoms with Crippen LogP contribution in [0, 0.1) is 5.82 Å². The van der Waals surface area contributed by atoms with Gasteiger partial charge in [-0.15, -0.1) is 0 Å². The second-order valence-electron chi connectivity index (χ2n) is 5.62. The summed E-state index contributed by atoms with van der Waals surface area (Å²) >= 11 is 0. The Morgan fingerprint density at radius 1 is 1.00 bits per heavy atom. The van der Waals surface area contributed by atoms with E-state index in [9.17, 15) is 9.18 Å². The molecule has 4 aromatic rings. The van der Waals surface area contributed by atoms with Gasteiger partial charge in [0, 0.05) is 22.1 Å². The number of nitrogens with two attached hydrogens (primary N) is 1. The van der Waals surface area contributed by atoms with Crippen LogP contribution in [0.5, 0.6) is 0 Å². The second-order valence-corrected chi connectivity index (χ2v) is 5.62. The first-order valence-electron chi connectivity index (χ1n) is 7.63. The van der Waals surface area contributed by atoms with Crippen molar-refractivity contribution in [1.82, 2.24) is 15.2 Å². The van der Waals surface area contributed by atoms with Crippen molar-refractivity contribution in [3.05, 3.63) is 72.0 Å². The van der Waals surface area contributed by atoms with Gasteiger partial charge in [-0.1, -0.05) is 12.1 Å². The van der Waals surface area contributed by atoms with Gasteiger partial charge in [-0.2, -0.15) is 5.10 Å². The van der Waals surface area contributed by atoms with Crippen molar-refractivity contribution in [2.45, 2.75) is 0 Å². The van der Waals surface area contributed by atoms with Crippen LogP contribution in [0.2, 0.25) is 0 Å². The van der Waals surface area contributed by atoms with E-state index in [1.807, 2.05) is 18.2 Å². The zero-order valence-electron chi connectivity index (χ0n) is 13.0. The first kappa shape index (κ1) is 15.0. The number of benzene rings is 2. The molecule has 0 spiro atoms. The summed E-state index contributed by atoms with van der Waals surface area (Å²) in [4.78, 5) is 15.9. The molecule has 25 heavy (non-hydrogen) atoms. The largest absolute Gasteiger partial charge is 0.366 e. The number of nitrogens with zero attached hydrogens (tertiary/aromatic N) is 2. The summed E-state index contributed by atoms with van der Waals surface area (Å²) in [7, 11) is 0. The molecule has 2 heterocycles. The molecule has 2 aromatic carbocycles. The Labute approximate surface area is 142 Å². The molecule has 0 atom stereocenters. The molecule has 122 valence electrons. The summed E-state index contributed by atoms with van der Waals surface area (Å²) in [5.41, 5.74) is 9.37. The van der Waals surface area contributed by atoms with Crippen molar-refractivity contribution in [2.75, 3.05) is 0 Å². The summed E-state index contributed by atoms with van der Waals surface area (Å²) in [5.74, 6) is -0.774. The molecule has 0 aliphatic heterocycles. The summed E-state index contributed by atoms with van der Waals surface area (Å²) in [6.45, 7) is 0. The lowest BCUT2D eigenvalue weighted by atomic mass is 10.1. The van der Waals surface area contributed by atoms with Crippen LogP contribution >= 0.6 is 0 Å². The summed E-state index contributed by atoms with van der Waals surface area (Å²) in [6.07, 6.45) is 0. The number of halogens is 1. The second kappa shape index (κ2) is 5.83. The summed E-state index contributed by atoms with van der Waals surface area (Å²) < 4.78 is 13.1. The number of aromatic nitrogens is 3. The van der Waals surface area contributed by atoms with E-state index in [1.165, 1.54) is 12.1 Å². The number of carbonyl (C=O) groups excluding carboxylic acids is 1. The fourth-order valence-electron chi connectivity index (χ4n) is 2.73. The molecule has 2 aromatic heterocycles. The molecule has 0 unspecified atom stereocenters. The number of amides is 1. The Hall–Kier alpha value is -3.54. The van der Waals surface area contributed by atoms with Gasteiger partial charge in [0.1, 0.15) is 5.82 Å². The van der Waals surface area contributed by atoms with Crippen molar-refractivity contribution in [1.29, 1.82) is 0 Å². The number of nitrogens with one attached hydrogen (secondary N) is 1. The quantitative estimate of drug-likeness (QED) is 0.602. The standard InChI is InChI=1S/C19H13FN4O/c20-14-6-4-11(5-7-14)17-15-8-9-16(22-19(15)24-23-17)12-2-1-3-13(10-12)18(21)25/h1-10H,(H2,21,25)(H,22,23,24). The molecule has 1 amide bonds. The number of hydrogen-bond donors (Lipinski definition) is 2. The molecule has 0 radical (unpaired) electrons. The van der Waals surface area contributed by atoms with E-state index < -0.39 is 5.91 Å². The molecule has 3 N–H and O–H groups in total. The molecule has 0 saturated carbocycles. The van der Waals surface area contributed by atoms with Gasteiger partial charge in [0.25, 0.3) is 0 Å². The first-order chi connectivity index (χ1) is 12.1. The number of aromatic amines is 1. The minimum absolute atomic E-state index is 0.290. The molecule has 0 aliphatic rings. The van der Waals surface area contributed by atoms with Gasteiger partial charge in [0.15, 0.2) is 5.65 Å². The molecule has 0 bridgehead atoms. The van der Waals surface area contributed by atoms with Gasteiger partial charge in [0.05, 0.1) is 11.4 Å². The van der Waals surface area contributed by atoms with E-state index in [2.05, 4.69) is 15.2 Å². The predicted octanol–water partition coefficient (Wildman–Crippen LogP) is 3.53. The van der Waals surface area contributed by atoms with Crippen LogP contribution in [0.3, 0.4) is 0 Å². The number of fused-ring (bicyclic) bond motifs is 1. The van der Waals surface area contributed by atoms with E-state index in [0.29, 0.717) is 16.9 Å². The smallest absolute Gasteiger partial charge is 0.248 e. The lowest BCUT2D eigenvalue weighted by Crippen LogP contribution is -2.10. The van der Waals surface area contributed by atoms with Crippen molar-refractivity contribution >= 4 is 16.9 Å². The first-order valence-corrected chi connectivity index (χ1v) is 7.63. The van der Waals surface area contributed by atoms with Gasteiger partial charge in [-0.25, -0.2) is 9.37 Å². The maximum atomic E-state index is 13.1. The van der Waals surface area contributed by atoms with Crippen LogP contribution in [-0.2, 0) is 0 Å². The fraction of sp³-hybridized carbons (Fsp3) is 0. The van der Waals surface area contributed by atoms with Crippen LogP contribution in [0.15, 0.2) is 60.7 Å². The molecule has 0 aliphatic carbocycles. The SMILES string of the molecule is NC(=O)c1cccc(-c2ccc3c(-c4ccc(F)cc4)[nH]nc3n2)c1. The van der Waals surface area contributed by atoms with Gasteiger partial charge in [-0.05, 0) is 48.5 Å². The van der Waals surface area contributed by atoms with E-state index in [1.54, 1.807) is 30.3 Å². The molecule has 6 heteroatoms. The van der Waals surface area contributed by atoms with Crippen molar-refractivity contribution in [2.24, 2.45) is 5.73 Å². The molecule has 0 fully saturated rings. The van der Waals surface area contributed by atoms with Gasteiger partial charge >= 0.3 is 0 Å². The van der Waals surface area contributed by atoms with Crippen molar-refractivity contribution in [3.8, 4) is 22.5 Å². The Morgan fingerprint density at radius 2 is 1.80 bits per heavy atom. The average molecular weight is 332 g/mol. The molecular formula is C19H13FN4O. The zero-order chi connectivity index (χ0) is 17.4. The normalized spacial score (nSPS) is 10.9. The van der Waals surface area contributed by atoms with E-state index in [-0.39, 0.29) is 5.82 Å². The van der Waals surface area contributed by atoms with Crippen LogP contribution < -0.4 is 5.73 Å². The number of rotatable bonds is 3. The van der Waals surface area contributed by atoms with Crippen molar-refractivity contribution in [3.63, 3.8) is 0 Å². The average Bonchev–Trinajstić information content (AvgIpc) is 3.05. The highest BCUT2D eigenvalue weighted by Crippen LogP contribution is 2.28. The topological polar surface area (TPSA) is 84.7 Å². The third-order valence-corrected chi connectivity index (χ3v) is 3.99. The Bertz CT molecular complexity index is 1090. The van der Waals surface area contributed by atoms with Crippen LogP contribution in [-0.4, -0.2) is 21.1 Å². The lowest BCUT2D eigenvalue weighted by molar-refractivity contribution is 0.100. The van der Waals surface area contributed by atoms with E-state index in [0.717, 1.165) is 22.2 Å². The highest BCUT2D eigenvalue weighted by Gasteiger charge is 2.11. The van der Waals surface area contributed by atoms with E-state index >= 15 is 0 Å². The number of hydrogen-bond acceptors (Lipinski definition) is 3. The minimum Gasteiger partial charge on any atom is -0.366 e. The maximum Gasteiger partial charge on any atom is 0.248 e. The van der Waals surface area contributed by atoms with Crippen LogP contribution in [0.1, 0.15) is 10.4 Å². The maximum absolute atomic E-state index is 13.1. The van der Waals surface area contributed by atoms with E-state index in [4.69, 9.17) is 5.73 Å². The van der Waals surface area contributed by atoms with Gasteiger partial charge in [0.2, 0.25) is 5.91 Å². The lowest BCUT2D eigenvalue weighted by Gasteiger charge is -2.03. The number of carbonyl (C=O) groups is 1. The predicted molar refractivity (Wildman–Crippen MR) is 93.2 cm³/mol. The summed E-state index contributed by atoms with van der Waals surface area (Å²) in [5, 5.41) is 8.02. The Balaban J connectivity index is 1.78. The molecule has 0 saturated heterocycles. The van der Waals surface area contributed by atoms with Crippen LogP contribution in [0.4, 0.5) is 4.39 Å². The Kier molecular flexibility index (Phi) is 3.50. The highest BCUT2D eigenvalue weighted by atomic mass is 19.1. The van der Waals surface area contributed by atoms with Crippen molar-refractivity contribution < 1.29 is 9.18 Å². The summed E-state index contributed by atoms with van der Waals surface area (Å²) in [6, 6.07) is 16.9. The third-order valence-electron chi connectivity index (χ3n) is 3.99.